The maximum absolute atomic E-state index is 12.0. The van der Waals surface area contributed by atoms with Gasteiger partial charge >= 0.3 is 0 Å². The van der Waals surface area contributed by atoms with Gasteiger partial charge in [-0.2, -0.15) is 5.10 Å². The Kier molecular flexibility index (Phi) is 4.47. The van der Waals surface area contributed by atoms with E-state index in [4.69, 9.17) is 0 Å². The Labute approximate surface area is 119 Å². The highest BCUT2D eigenvalue weighted by Gasteiger charge is 2.30. The van der Waals surface area contributed by atoms with Gasteiger partial charge in [0.1, 0.15) is 0 Å². The standard InChI is InChI=1S/C13H21N3O3S/c1-10(2)8-16-9-11(7-14-16)13(17)15-20(18,19)12-5-3-4-6-12/h7,9-10,12H,3-6,8H2,1-2H3,(H,15,17). The first kappa shape index (κ1) is 15.0. The van der Waals surface area contributed by atoms with Gasteiger partial charge in [0.2, 0.25) is 10.0 Å². The van der Waals surface area contributed by atoms with Gasteiger partial charge in [-0.25, -0.2) is 13.1 Å². The number of hydrogen-bond acceptors (Lipinski definition) is 4. The fourth-order valence-corrected chi connectivity index (χ4v) is 3.92. The summed E-state index contributed by atoms with van der Waals surface area (Å²) in [6, 6.07) is 0. The van der Waals surface area contributed by atoms with E-state index < -0.39 is 21.2 Å². The predicted octanol–water partition coefficient (Wildman–Crippen LogP) is 1.54. The molecule has 0 unspecified atom stereocenters. The molecule has 6 nitrogen and oxygen atoms in total. The third-order valence-corrected chi connectivity index (χ3v) is 5.24. The van der Waals surface area contributed by atoms with Crippen LogP contribution >= 0.6 is 0 Å². The van der Waals surface area contributed by atoms with Gasteiger partial charge in [0.15, 0.2) is 0 Å². The molecular weight excluding hydrogens is 278 g/mol. The second-order valence-electron chi connectivity index (χ2n) is 5.73. The summed E-state index contributed by atoms with van der Waals surface area (Å²) in [6.07, 6.45) is 6.07. The van der Waals surface area contributed by atoms with E-state index in [-0.39, 0.29) is 5.56 Å². The number of carbonyl (C=O) groups is 1. The molecular formula is C13H21N3O3S. The summed E-state index contributed by atoms with van der Waals surface area (Å²) in [7, 11) is -3.56. The number of sulfonamides is 1. The zero-order valence-electron chi connectivity index (χ0n) is 11.9. The van der Waals surface area contributed by atoms with Crippen LogP contribution in [0.4, 0.5) is 0 Å². The highest BCUT2D eigenvalue weighted by Crippen LogP contribution is 2.24. The first-order chi connectivity index (χ1) is 9.38. The Bertz CT molecular complexity index is 571. The van der Waals surface area contributed by atoms with Gasteiger partial charge < -0.3 is 0 Å². The molecule has 0 aromatic carbocycles. The third kappa shape index (κ3) is 3.59. The Balaban J connectivity index is 2.02. The number of rotatable bonds is 5. The maximum atomic E-state index is 12.0. The molecule has 1 aliphatic carbocycles. The number of carbonyl (C=O) groups excluding carboxylic acids is 1. The largest absolute Gasteiger partial charge is 0.272 e. The van der Waals surface area contributed by atoms with Crippen molar-refractivity contribution in [2.45, 2.75) is 51.3 Å². The van der Waals surface area contributed by atoms with Crippen LogP contribution in [0.25, 0.3) is 0 Å². The van der Waals surface area contributed by atoms with Crippen molar-refractivity contribution in [3.05, 3.63) is 18.0 Å². The third-order valence-electron chi connectivity index (χ3n) is 3.42. The quantitative estimate of drug-likeness (QED) is 0.894. The fourth-order valence-electron chi connectivity index (χ4n) is 2.42. The van der Waals surface area contributed by atoms with Crippen molar-refractivity contribution in [1.82, 2.24) is 14.5 Å². The minimum atomic E-state index is -3.56. The van der Waals surface area contributed by atoms with Crippen LogP contribution in [0.15, 0.2) is 12.4 Å². The summed E-state index contributed by atoms with van der Waals surface area (Å²) in [5.74, 6) is -0.181. The summed E-state index contributed by atoms with van der Waals surface area (Å²) >= 11 is 0. The number of nitrogens with one attached hydrogen (secondary N) is 1. The molecule has 1 aromatic heterocycles. The number of amides is 1. The first-order valence-corrected chi connectivity index (χ1v) is 8.51. The molecule has 1 aromatic rings. The molecule has 1 fully saturated rings. The second kappa shape index (κ2) is 5.95. The van der Waals surface area contributed by atoms with E-state index in [2.05, 4.69) is 9.82 Å². The smallest absolute Gasteiger partial charge is 0.267 e. The van der Waals surface area contributed by atoms with Crippen molar-refractivity contribution < 1.29 is 13.2 Å². The zero-order chi connectivity index (χ0) is 14.8. The van der Waals surface area contributed by atoms with Crippen LogP contribution in [0, 0.1) is 5.92 Å². The van der Waals surface area contributed by atoms with Crippen molar-refractivity contribution in [2.24, 2.45) is 5.92 Å². The monoisotopic (exact) mass is 299 g/mol. The van der Waals surface area contributed by atoms with E-state index >= 15 is 0 Å². The number of hydrogen-bond donors (Lipinski definition) is 1. The molecule has 0 saturated heterocycles. The SMILES string of the molecule is CC(C)Cn1cc(C(=O)NS(=O)(=O)C2CCCC2)cn1. The highest BCUT2D eigenvalue weighted by molar-refractivity contribution is 7.90. The lowest BCUT2D eigenvalue weighted by atomic mass is 10.2. The van der Waals surface area contributed by atoms with Gasteiger partial charge in [-0.05, 0) is 18.8 Å². The molecule has 1 amide bonds. The molecule has 0 atom stereocenters. The Morgan fingerprint density at radius 3 is 2.70 bits per heavy atom. The summed E-state index contributed by atoms with van der Waals surface area (Å²) in [4.78, 5) is 12.0. The van der Waals surface area contributed by atoms with Gasteiger partial charge in [-0.3, -0.25) is 9.48 Å². The van der Waals surface area contributed by atoms with Crippen molar-refractivity contribution >= 4 is 15.9 Å². The molecule has 112 valence electrons. The van der Waals surface area contributed by atoms with Crippen LogP contribution in [0.2, 0.25) is 0 Å². The van der Waals surface area contributed by atoms with Gasteiger partial charge in [0.25, 0.3) is 5.91 Å². The summed E-state index contributed by atoms with van der Waals surface area (Å²) in [5.41, 5.74) is 0.284. The van der Waals surface area contributed by atoms with Gasteiger partial charge in [0, 0.05) is 12.7 Å². The Morgan fingerprint density at radius 2 is 2.10 bits per heavy atom. The first-order valence-electron chi connectivity index (χ1n) is 6.97. The Hall–Kier alpha value is -1.37. The van der Waals surface area contributed by atoms with Crippen LogP contribution in [0.5, 0.6) is 0 Å². The molecule has 0 radical (unpaired) electrons. The molecule has 0 spiro atoms. The minimum Gasteiger partial charge on any atom is -0.272 e. The molecule has 2 rings (SSSR count). The molecule has 1 N–H and O–H groups in total. The minimum absolute atomic E-state index is 0.284. The lowest BCUT2D eigenvalue weighted by Gasteiger charge is -2.11. The molecule has 7 heteroatoms. The van der Waals surface area contributed by atoms with Crippen LogP contribution in [0.3, 0.4) is 0 Å². The topological polar surface area (TPSA) is 81.1 Å². The molecule has 20 heavy (non-hydrogen) atoms. The van der Waals surface area contributed by atoms with Crippen LogP contribution < -0.4 is 4.72 Å². The fraction of sp³-hybridized carbons (Fsp3) is 0.692. The highest BCUT2D eigenvalue weighted by atomic mass is 32.2. The summed E-state index contributed by atoms with van der Waals surface area (Å²) in [5, 5.41) is 3.63. The van der Waals surface area contributed by atoms with Crippen LogP contribution in [-0.2, 0) is 16.6 Å². The van der Waals surface area contributed by atoms with E-state index in [0.29, 0.717) is 25.3 Å². The van der Waals surface area contributed by atoms with Gasteiger partial charge in [-0.15, -0.1) is 0 Å². The predicted molar refractivity (Wildman–Crippen MR) is 75.7 cm³/mol. The molecule has 0 aliphatic heterocycles. The number of aromatic nitrogens is 2. The van der Waals surface area contributed by atoms with E-state index in [9.17, 15) is 13.2 Å². The zero-order valence-corrected chi connectivity index (χ0v) is 12.7. The van der Waals surface area contributed by atoms with Crippen molar-refractivity contribution in [1.29, 1.82) is 0 Å². The second-order valence-corrected chi connectivity index (χ2v) is 7.69. The average molecular weight is 299 g/mol. The molecule has 1 saturated carbocycles. The van der Waals surface area contributed by atoms with Crippen molar-refractivity contribution in [3.8, 4) is 0 Å². The maximum Gasteiger partial charge on any atom is 0.267 e. The van der Waals surface area contributed by atoms with E-state index in [1.54, 1.807) is 10.9 Å². The lowest BCUT2D eigenvalue weighted by Crippen LogP contribution is -2.37. The van der Waals surface area contributed by atoms with Crippen LogP contribution in [-0.4, -0.2) is 29.4 Å². The van der Waals surface area contributed by atoms with E-state index in [1.165, 1.54) is 6.20 Å². The van der Waals surface area contributed by atoms with Gasteiger partial charge in [-0.1, -0.05) is 26.7 Å². The van der Waals surface area contributed by atoms with Crippen molar-refractivity contribution in [3.63, 3.8) is 0 Å². The lowest BCUT2D eigenvalue weighted by molar-refractivity contribution is 0.0981. The average Bonchev–Trinajstić information content (AvgIpc) is 2.97. The van der Waals surface area contributed by atoms with E-state index in [0.717, 1.165) is 12.8 Å². The molecule has 1 heterocycles. The number of nitrogens with zero attached hydrogens (tertiary/aromatic N) is 2. The summed E-state index contributed by atoms with van der Waals surface area (Å²) in [6.45, 7) is 4.79. The summed E-state index contributed by atoms with van der Waals surface area (Å²) < 4.78 is 27.9. The van der Waals surface area contributed by atoms with Crippen LogP contribution in [0.1, 0.15) is 49.9 Å². The Morgan fingerprint density at radius 1 is 1.45 bits per heavy atom. The van der Waals surface area contributed by atoms with Gasteiger partial charge in [0.05, 0.1) is 17.0 Å². The van der Waals surface area contributed by atoms with Crippen molar-refractivity contribution in [2.75, 3.05) is 0 Å². The normalized spacial score (nSPS) is 16.8. The van der Waals surface area contributed by atoms with E-state index in [1.807, 2.05) is 13.8 Å². The molecule has 1 aliphatic rings. The molecule has 0 bridgehead atoms.